The highest BCUT2D eigenvalue weighted by molar-refractivity contribution is 5.04. The van der Waals surface area contributed by atoms with Gasteiger partial charge in [-0.1, -0.05) is 55.4 Å². The molecule has 18 heavy (non-hydrogen) atoms. The van der Waals surface area contributed by atoms with Crippen molar-refractivity contribution in [2.24, 2.45) is 5.92 Å². The van der Waals surface area contributed by atoms with E-state index in [1.807, 2.05) is 7.05 Å². The lowest BCUT2D eigenvalue weighted by Crippen LogP contribution is -2.06. The van der Waals surface area contributed by atoms with E-state index in [0.29, 0.717) is 0 Å². The quantitative estimate of drug-likeness (QED) is 0.636. The first-order valence-electron chi connectivity index (χ1n) is 7.68. The van der Waals surface area contributed by atoms with E-state index in [1.165, 1.54) is 56.9 Å². The van der Waals surface area contributed by atoms with Crippen LogP contribution in [0.4, 0.5) is 0 Å². The van der Waals surface area contributed by atoms with Crippen LogP contribution < -0.4 is 5.32 Å². The van der Waals surface area contributed by atoms with Crippen molar-refractivity contribution >= 4 is 0 Å². The standard InChI is InChI=1S/C17H31N/c1-15(12-13-18-3)8-7-9-16(2)14-17-10-5-4-6-11-17/h9,12,17-18H,4-8,10-11,13-14H2,1-3H3. The molecule has 0 unspecified atom stereocenters. The summed E-state index contributed by atoms with van der Waals surface area (Å²) in [6.45, 7) is 5.56. The van der Waals surface area contributed by atoms with Crippen LogP contribution >= 0.6 is 0 Å². The fraction of sp³-hybridized carbons (Fsp3) is 0.765. The van der Waals surface area contributed by atoms with Gasteiger partial charge in [0.25, 0.3) is 0 Å². The maximum absolute atomic E-state index is 3.16. The van der Waals surface area contributed by atoms with Crippen LogP contribution in [-0.4, -0.2) is 13.6 Å². The summed E-state index contributed by atoms with van der Waals surface area (Å²) in [7, 11) is 2.00. The minimum Gasteiger partial charge on any atom is -0.316 e. The molecular formula is C17H31N. The van der Waals surface area contributed by atoms with E-state index in [0.717, 1.165) is 12.5 Å². The van der Waals surface area contributed by atoms with Crippen molar-refractivity contribution in [1.29, 1.82) is 0 Å². The highest BCUT2D eigenvalue weighted by Gasteiger charge is 2.13. The van der Waals surface area contributed by atoms with Gasteiger partial charge in [-0.2, -0.15) is 0 Å². The minimum absolute atomic E-state index is 0.982. The molecule has 0 amide bonds. The summed E-state index contributed by atoms with van der Waals surface area (Å²) >= 11 is 0. The normalized spacial score (nSPS) is 19.3. The van der Waals surface area contributed by atoms with Gasteiger partial charge in [0.1, 0.15) is 0 Å². The number of likely N-dealkylation sites (N-methyl/N-ethyl adjacent to an activating group) is 1. The molecule has 0 bridgehead atoms. The van der Waals surface area contributed by atoms with E-state index in [1.54, 1.807) is 5.57 Å². The SMILES string of the molecule is CNCC=C(C)CCC=C(C)CC1CCCCC1. The van der Waals surface area contributed by atoms with Crippen molar-refractivity contribution in [3.63, 3.8) is 0 Å². The van der Waals surface area contributed by atoms with Crippen molar-refractivity contribution in [3.05, 3.63) is 23.3 Å². The molecule has 1 fully saturated rings. The Bertz CT molecular complexity index is 269. The Morgan fingerprint density at radius 3 is 2.44 bits per heavy atom. The van der Waals surface area contributed by atoms with Gasteiger partial charge in [0.15, 0.2) is 0 Å². The molecule has 0 aromatic rings. The molecule has 1 aliphatic carbocycles. The van der Waals surface area contributed by atoms with Gasteiger partial charge < -0.3 is 5.32 Å². The average molecular weight is 249 g/mol. The first-order chi connectivity index (χ1) is 8.72. The summed E-state index contributed by atoms with van der Waals surface area (Å²) in [6.07, 6.45) is 15.9. The molecule has 1 N–H and O–H groups in total. The van der Waals surface area contributed by atoms with Crippen molar-refractivity contribution in [2.45, 2.75) is 65.2 Å². The summed E-state index contributed by atoms with van der Waals surface area (Å²) in [6, 6.07) is 0. The second-order valence-corrected chi connectivity index (χ2v) is 5.91. The minimum atomic E-state index is 0.982. The maximum atomic E-state index is 3.16. The number of rotatable bonds is 7. The van der Waals surface area contributed by atoms with Crippen LogP contribution in [0.3, 0.4) is 0 Å². The molecule has 0 radical (unpaired) electrons. The Morgan fingerprint density at radius 1 is 1.06 bits per heavy atom. The van der Waals surface area contributed by atoms with E-state index in [4.69, 9.17) is 0 Å². The van der Waals surface area contributed by atoms with E-state index in [-0.39, 0.29) is 0 Å². The topological polar surface area (TPSA) is 12.0 Å². The summed E-state index contributed by atoms with van der Waals surface area (Å²) in [5, 5.41) is 3.16. The van der Waals surface area contributed by atoms with Gasteiger partial charge in [-0.15, -0.1) is 0 Å². The molecule has 0 atom stereocenters. The van der Waals surface area contributed by atoms with Crippen molar-refractivity contribution in [3.8, 4) is 0 Å². The Balaban J connectivity index is 2.20. The zero-order valence-corrected chi connectivity index (χ0v) is 12.6. The summed E-state index contributed by atoms with van der Waals surface area (Å²) < 4.78 is 0. The number of allylic oxidation sites excluding steroid dienone is 3. The van der Waals surface area contributed by atoms with E-state index in [9.17, 15) is 0 Å². The van der Waals surface area contributed by atoms with E-state index < -0.39 is 0 Å². The molecule has 104 valence electrons. The Hall–Kier alpha value is -0.560. The molecule has 0 saturated heterocycles. The molecule has 1 aliphatic rings. The molecule has 0 spiro atoms. The van der Waals surface area contributed by atoms with Crippen molar-refractivity contribution in [1.82, 2.24) is 5.32 Å². The highest BCUT2D eigenvalue weighted by Crippen LogP contribution is 2.28. The molecule has 1 saturated carbocycles. The van der Waals surface area contributed by atoms with Gasteiger partial charge >= 0.3 is 0 Å². The van der Waals surface area contributed by atoms with Crippen LogP contribution in [0, 0.1) is 5.92 Å². The lowest BCUT2D eigenvalue weighted by molar-refractivity contribution is 0.356. The monoisotopic (exact) mass is 249 g/mol. The van der Waals surface area contributed by atoms with Gasteiger partial charge in [0, 0.05) is 6.54 Å². The number of hydrogen-bond donors (Lipinski definition) is 1. The predicted molar refractivity (Wildman–Crippen MR) is 81.9 cm³/mol. The highest BCUT2D eigenvalue weighted by atomic mass is 14.8. The second kappa shape index (κ2) is 9.38. The third-order valence-electron chi connectivity index (χ3n) is 4.02. The molecule has 0 heterocycles. The van der Waals surface area contributed by atoms with E-state index in [2.05, 4.69) is 31.3 Å². The zero-order chi connectivity index (χ0) is 13.2. The molecule has 1 heteroatoms. The smallest absolute Gasteiger partial charge is 0.0134 e. The van der Waals surface area contributed by atoms with Crippen molar-refractivity contribution in [2.75, 3.05) is 13.6 Å². The fourth-order valence-electron chi connectivity index (χ4n) is 2.85. The van der Waals surface area contributed by atoms with Crippen LogP contribution in [0.5, 0.6) is 0 Å². The first-order valence-corrected chi connectivity index (χ1v) is 7.68. The summed E-state index contributed by atoms with van der Waals surface area (Å²) in [4.78, 5) is 0. The summed E-state index contributed by atoms with van der Waals surface area (Å²) in [5.41, 5.74) is 3.12. The van der Waals surface area contributed by atoms with Crippen LogP contribution in [0.15, 0.2) is 23.3 Å². The number of nitrogens with one attached hydrogen (secondary N) is 1. The second-order valence-electron chi connectivity index (χ2n) is 5.91. The molecule has 0 aliphatic heterocycles. The zero-order valence-electron chi connectivity index (χ0n) is 12.6. The molecule has 1 nitrogen and oxygen atoms in total. The van der Waals surface area contributed by atoms with Crippen LogP contribution in [0.2, 0.25) is 0 Å². The van der Waals surface area contributed by atoms with Crippen molar-refractivity contribution < 1.29 is 0 Å². The lowest BCUT2D eigenvalue weighted by atomic mass is 9.85. The number of hydrogen-bond acceptors (Lipinski definition) is 1. The third kappa shape index (κ3) is 7.00. The Kier molecular flexibility index (Phi) is 8.08. The Labute approximate surface area is 114 Å². The predicted octanol–water partition coefficient (Wildman–Crippen LogP) is 4.85. The molecule has 1 rings (SSSR count). The third-order valence-corrected chi connectivity index (χ3v) is 4.02. The molecule has 0 aromatic heterocycles. The summed E-state index contributed by atoms with van der Waals surface area (Å²) in [5.74, 6) is 0.982. The molecule has 0 aromatic carbocycles. The first kappa shape index (κ1) is 15.5. The average Bonchev–Trinajstić information content (AvgIpc) is 2.37. The van der Waals surface area contributed by atoms with Crippen LogP contribution in [0.1, 0.15) is 65.2 Å². The largest absolute Gasteiger partial charge is 0.316 e. The van der Waals surface area contributed by atoms with Gasteiger partial charge in [-0.3, -0.25) is 0 Å². The Morgan fingerprint density at radius 2 is 1.78 bits per heavy atom. The van der Waals surface area contributed by atoms with Gasteiger partial charge in [0.2, 0.25) is 0 Å². The maximum Gasteiger partial charge on any atom is 0.0134 e. The van der Waals surface area contributed by atoms with Crippen LogP contribution in [0.25, 0.3) is 0 Å². The van der Waals surface area contributed by atoms with Crippen LogP contribution in [-0.2, 0) is 0 Å². The van der Waals surface area contributed by atoms with Gasteiger partial charge in [-0.25, -0.2) is 0 Å². The van der Waals surface area contributed by atoms with Gasteiger partial charge in [0.05, 0.1) is 0 Å². The van der Waals surface area contributed by atoms with Gasteiger partial charge in [-0.05, 0) is 46.1 Å². The van der Waals surface area contributed by atoms with E-state index >= 15 is 0 Å². The fourth-order valence-corrected chi connectivity index (χ4v) is 2.85. The lowest BCUT2D eigenvalue weighted by Gasteiger charge is -2.21. The molecular weight excluding hydrogens is 218 g/mol.